The number of piperazine rings is 1. The van der Waals surface area contributed by atoms with Crippen molar-refractivity contribution in [3.8, 4) is 0 Å². The third-order valence-corrected chi connectivity index (χ3v) is 3.77. The third kappa shape index (κ3) is 2.07. The fraction of sp³-hybridized carbons (Fsp3) is 0.500. The highest BCUT2D eigenvalue weighted by Crippen LogP contribution is 2.25. The first-order valence-corrected chi connectivity index (χ1v) is 6.35. The zero-order chi connectivity index (χ0) is 11.8. The molecule has 3 rings (SSSR count). The van der Waals surface area contributed by atoms with Crippen LogP contribution in [0.3, 0.4) is 0 Å². The molecule has 1 aromatic rings. The van der Waals surface area contributed by atoms with Gasteiger partial charge >= 0.3 is 0 Å². The van der Waals surface area contributed by atoms with Crippen LogP contribution in [-0.4, -0.2) is 30.2 Å². The lowest BCUT2D eigenvalue weighted by molar-refractivity contribution is 0.465. The van der Waals surface area contributed by atoms with Crippen molar-refractivity contribution in [2.75, 3.05) is 18.0 Å². The van der Waals surface area contributed by atoms with Gasteiger partial charge in [-0.25, -0.2) is 0 Å². The van der Waals surface area contributed by atoms with Crippen LogP contribution in [-0.2, 0) is 0 Å². The number of aromatic nitrogens is 1. The number of pyridine rings is 1. The number of hydrogen-bond acceptors (Lipinski definition) is 3. The molecule has 3 heteroatoms. The molecular formula is C14H19N3. The molecule has 1 N–H and O–H groups in total. The van der Waals surface area contributed by atoms with Gasteiger partial charge in [0.2, 0.25) is 0 Å². The summed E-state index contributed by atoms with van der Waals surface area (Å²) in [5.74, 6) is 0. The van der Waals surface area contributed by atoms with Crippen LogP contribution in [0.4, 0.5) is 5.69 Å². The highest BCUT2D eigenvalue weighted by molar-refractivity contribution is 5.59. The van der Waals surface area contributed by atoms with Crippen LogP contribution in [0.2, 0.25) is 0 Å². The maximum absolute atomic E-state index is 4.46. The Kier molecular flexibility index (Phi) is 2.63. The summed E-state index contributed by atoms with van der Waals surface area (Å²) >= 11 is 0. The van der Waals surface area contributed by atoms with Gasteiger partial charge in [-0.3, -0.25) is 4.98 Å². The van der Waals surface area contributed by atoms with Crippen LogP contribution in [0, 0.1) is 0 Å². The smallest absolute Gasteiger partial charge is 0.0654 e. The van der Waals surface area contributed by atoms with Crippen molar-refractivity contribution < 1.29 is 0 Å². The molecule has 2 aliphatic rings. The minimum atomic E-state index is 0.676. The molecule has 2 aliphatic heterocycles. The lowest BCUT2D eigenvalue weighted by atomic mass is 10.2. The summed E-state index contributed by atoms with van der Waals surface area (Å²) in [6.07, 6.45) is 4.62. The van der Waals surface area contributed by atoms with E-state index in [0.717, 1.165) is 24.4 Å². The van der Waals surface area contributed by atoms with Gasteiger partial charge in [0.25, 0.3) is 0 Å². The monoisotopic (exact) mass is 229 g/mol. The molecule has 2 unspecified atom stereocenters. The largest absolute Gasteiger partial charge is 0.367 e. The van der Waals surface area contributed by atoms with Crippen LogP contribution < -0.4 is 10.2 Å². The molecule has 17 heavy (non-hydrogen) atoms. The topological polar surface area (TPSA) is 28.2 Å². The zero-order valence-electron chi connectivity index (χ0n) is 10.3. The van der Waals surface area contributed by atoms with E-state index in [0.29, 0.717) is 12.1 Å². The molecule has 2 saturated heterocycles. The Morgan fingerprint density at radius 1 is 1.35 bits per heavy atom. The van der Waals surface area contributed by atoms with Crippen LogP contribution in [0.5, 0.6) is 0 Å². The van der Waals surface area contributed by atoms with E-state index in [1.165, 1.54) is 18.5 Å². The van der Waals surface area contributed by atoms with Gasteiger partial charge in [0, 0.05) is 25.2 Å². The number of allylic oxidation sites excluding steroid dienone is 1. The van der Waals surface area contributed by atoms with E-state index < -0.39 is 0 Å². The number of fused-ring (bicyclic) bond motifs is 2. The van der Waals surface area contributed by atoms with Crippen molar-refractivity contribution in [3.05, 3.63) is 30.6 Å². The molecule has 0 aliphatic carbocycles. The Labute approximate surface area is 103 Å². The zero-order valence-corrected chi connectivity index (χ0v) is 10.3. The summed E-state index contributed by atoms with van der Waals surface area (Å²) in [5.41, 5.74) is 3.26. The molecule has 0 aromatic carbocycles. The van der Waals surface area contributed by atoms with Crippen LogP contribution >= 0.6 is 0 Å². The van der Waals surface area contributed by atoms with Gasteiger partial charge in [-0.1, -0.05) is 6.58 Å². The van der Waals surface area contributed by atoms with E-state index in [2.05, 4.69) is 33.9 Å². The van der Waals surface area contributed by atoms with Gasteiger partial charge in [-0.05, 0) is 37.5 Å². The quantitative estimate of drug-likeness (QED) is 0.841. The predicted octanol–water partition coefficient (Wildman–Crippen LogP) is 2.06. The first kappa shape index (κ1) is 10.8. The van der Waals surface area contributed by atoms with Crippen LogP contribution in [0.25, 0.3) is 5.57 Å². The van der Waals surface area contributed by atoms with Gasteiger partial charge in [-0.2, -0.15) is 0 Å². The summed E-state index contributed by atoms with van der Waals surface area (Å²) in [7, 11) is 0. The van der Waals surface area contributed by atoms with Gasteiger partial charge in [0.15, 0.2) is 0 Å². The second-order valence-electron chi connectivity index (χ2n) is 5.22. The molecule has 1 aromatic heterocycles. The summed E-state index contributed by atoms with van der Waals surface area (Å²) in [6.45, 7) is 8.14. The highest BCUT2D eigenvalue weighted by atomic mass is 15.2. The van der Waals surface area contributed by atoms with E-state index in [9.17, 15) is 0 Å². The van der Waals surface area contributed by atoms with Gasteiger partial charge in [0.1, 0.15) is 0 Å². The summed E-state index contributed by atoms with van der Waals surface area (Å²) in [6, 6.07) is 5.59. The fourth-order valence-electron chi connectivity index (χ4n) is 2.83. The van der Waals surface area contributed by atoms with E-state index >= 15 is 0 Å². The van der Waals surface area contributed by atoms with Gasteiger partial charge in [0.05, 0.1) is 17.6 Å². The molecule has 0 spiro atoms. The average Bonchev–Trinajstić information content (AvgIpc) is 2.68. The number of nitrogens with zero attached hydrogens (tertiary/aromatic N) is 2. The van der Waals surface area contributed by atoms with Gasteiger partial charge < -0.3 is 10.2 Å². The molecule has 0 amide bonds. The predicted molar refractivity (Wildman–Crippen MR) is 71.1 cm³/mol. The second-order valence-corrected chi connectivity index (χ2v) is 5.22. The molecule has 2 fully saturated rings. The Morgan fingerprint density at radius 3 is 2.59 bits per heavy atom. The standard InChI is InChI=1S/C14H19N3/c1-10(2)14-6-5-13(7-15-14)17-8-11-3-4-12(9-17)16-11/h5-7,11-12,16H,1,3-4,8-9H2,2H3. The molecule has 3 heterocycles. The minimum absolute atomic E-state index is 0.676. The van der Waals surface area contributed by atoms with Crippen LogP contribution in [0.1, 0.15) is 25.5 Å². The van der Waals surface area contributed by atoms with Crippen molar-refractivity contribution in [1.82, 2.24) is 10.3 Å². The van der Waals surface area contributed by atoms with Crippen molar-refractivity contribution >= 4 is 11.3 Å². The average molecular weight is 229 g/mol. The van der Waals surface area contributed by atoms with Crippen molar-refractivity contribution in [2.45, 2.75) is 31.8 Å². The van der Waals surface area contributed by atoms with Crippen LogP contribution in [0.15, 0.2) is 24.9 Å². The Bertz CT molecular complexity index is 412. The highest BCUT2D eigenvalue weighted by Gasteiger charge is 2.32. The minimum Gasteiger partial charge on any atom is -0.367 e. The van der Waals surface area contributed by atoms with Gasteiger partial charge in [-0.15, -0.1) is 0 Å². The molecule has 90 valence electrons. The molecule has 0 saturated carbocycles. The molecular weight excluding hydrogens is 210 g/mol. The number of rotatable bonds is 2. The number of anilines is 1. The van der Waals surface area contributed by atoms with E-state index in [1.54, 1.807) is 0 Å². The Hall–Kier alpha value is -1.35. The normalized spacial score (nSPS) is 27.2. The summed E-state index contributed by atoms with van der Waals surface area (Å²) < 4.78 is 0. The van der Waals surface area contributed by atoms with E-state index in [4.69, 9.17) is 0 Å². The lowest BCUT2D eigenvalue weighted by Gasteiger charge is -2.34. The first-order chi connectivity index (χ1) is 8.22. The number of nitrogens with one attached hydrogen (secondary N) is 1. The molecule has 2 atom stereocenters. The molecule has 2 bridgehead atoms. The van der Waals surface area contributed by atoms with Crippen molar-refractivity contribution in [1.29, 1.82) is 0 Å². The lowest BCUT2D eigenvalue weighted by Crippen LogP contribution is -2.51. The van der Waals surface area contributed by atoms with Crippen molar-refractivity contribution in [3.63, 3.8) is 0 Å². The summed E-state index contributed by atoms with van der Waals surface area (Å²) in [4.78, 5) is 6.91. The third-order valence-electron chi connectivity index (χ3n) is 3.77. The van der Waals surface area contributed by atoms with E-state index in [-0.39, 0.29) is 0 Å². The summed E-state index contributed by atoms with van der Waals surface area (Å²) in [5, 5.41) is 3.64. The first-order valence-electron chi connectivity index (χ1n) is 6.35. The Balaban J connectivity index is 1.78. The number of hydrogen-bond donors (Lipinski definition) is 1. The molecule has 3 nitrogen and oxygen atoms in total. The fourth-order valence-corrected chi connectivity index (χ4v) is 2.83. The van der Waals surface area contributed by atoms with E-state index in [1.807, 2.05) is 13.1 Å². The SMILES string of the molecule is C=C(C)c1ccc(N2CC3CCC(C2)N3)cn1. The second kappa shape index (κ2) is 4.15. The van der Waals surface area contributed by atoms with Crippen molar-refractivity contribution in [2.24, 2.45) is 0 Å². The molecule has 0 radical (unpaired) electrons. The maximum atomic E-state index is 4.46. The maximum Gasteiger partial charge on any atom is 0.0654 e. The Morgan fingerprint density at radius 2 is 2.06 bits per heavy atom.